The Morgan fingerprint density at radius 1 is 0.654 bits per heavy atom. The summed E-state index contributed by atoms with van der Waals surface area (Å²) in [6, 6.07) is 29.4. The van der Waals surface area contributed by atoms with Gasteiger partial charge in [-0.1, -0.05) is 54.6 Å². The zero-order valence-corrected chi connectivity index (χ0v) is 14.4. The number of fused-ring (bicyclic) bond motifs is 5. The first-order valence-corrected chi connectivity index (χ1v) is 8.70. The Labute approximate surface area is 151 Å². The molecule has 124 valence electrons. The first-order chi connectivity index (χ1) is 12.8. The van der Waals surface area contributed by atoms with Gasteiger partial charge in [0.05, 0.1) is 18.3 Å². The SMILES string of the molecule is COc1ccc(-c2nc3ccccc3c3c2ccc2ccccc23)cc1. The van der Waals surface area contributed by atoms with Gasteiger partial charge in [-0.05, 0) is 41.1 Å². The van der Waals surface area contributed by atoms with Crippen LogP contribution in [0.1, 0.15) is 0 Å². The van der Waals surface area contributed by atoms with E-state index in [9.17, 15) is 0 Å². The van der Waals surface area contributed by atoms with Crippen LogP contribution in [0.3, 0.4) is 0 Å². The third-order valence-corrected chi connectivity index (χ3v) is 4.95. The minimum Gasteiger partial charge on any atom is -0.497 e. The Kier molecular flexibility index (Phi) is 3.36. The number of para-hydroxylation sites is 1. The average Bonchev–Trinajstić information content (AvgIpc) is 2.73. The molecule has 5 rings (SSSR count). The van der Waals surface area contributed by atoms with Crippen molar-refractivity contribution >= 4 is 32.4 Å². The monoisotopic (exact) mass is 335 g/mol. The van der Waals surface area contributed by atoms with Crippen LogP contribution in [0.2, 0.25) is 0 Å². The van der Waals surface area contributed by atoms with Crippen LogP contribution in [0.5, 0.6) is 5.75 Å². The molecule has 0 unspecified atom stereocenters. The Bertz CT molecular complexity index is 1240. The third-order valence-electron chi connectivity index (χ3n) is 4.95. The highest BCUT2D eigenvalue weighted by Gasteiger charge is 2.12. The van der Waals surface area contributed by atoms with Crippen LogP contribution in [-0.4, -0.2) is 12.1 Å². The normalized spacial score (nSPS) is 11.3. The summed E-state index contributed by atoms with van der Waals surface area (Å²) in [6.45, 7) is 0. The molecule has 0 amide bonds. The maximum Gasteiger partial charge on any atom is 0.118 e. The van der Waals surface area contributed by atoms with Crippen LogP contribution in [0.4, 0.5) is 0 Å². The smallest absolute Gasteiger partial charge is 0.118 e. The fourth-order valence-electron chi connectivity index (χ4n) is 3.69. The number of methoxy groups -OCH3 is 1. The molecule has 0 aliphatic carbocycles. The summed E-state index contributed by atoms with van der Waals surface area (Å²) in [5.74, 6) is 0.851. The molecule has 2 nitrogen and oxygen atoms in total. The van der Waals surface area contributed by atoms with E-state index in [0.29, 0.717) is 0 Å². The van der Waals surface area contributed by atoms with Gasteiger partial charge < -0.3 is 4.74 Å². The average molecular weight is 335 g/mol. The maximum atomic E-state index is 5.30. The Morgan fingerprint density at radius 3 is 2.19 bits per heavy atom. The van der Waals surface area contributed by atoms with Crippen molar-refractivity contribution in [1.82, 2.24) is 4.98 Å². The van der Waals surface area contributed by atoms with Crippen molar-refractivity contribution in [3.8, 4) is 17.0 Å². The van der Waals surface area contributed by atoms with Crippen LogP contribution in [-0.2, 0) is 0 Å². The fraction of sp³-hybridized carbons (Fsp3) is 0.0417. The van der Waals surface area contributed by atoms with E-state index in [1.54, 1.807) is 7.11 Å². The summed E-state index contributed by atoms with van der Waals surface area (Å²) in [7, 11) is 1.69. The first-order valence-electron chi connectivity index (χ1n) is 8.70. The summed E-state index contributed by atoms with van der Waals surface area (Å²) in [6.07, 6.45) is 0. The molecule has 1 aromatic heterocycles. The number of benzene rings is 4. The molecule has 0 fully saturated rings. The molecular formula is C24H17NO. The zero-order chi connectivity index (χ0) is 17.5. The Balaban J connectivity index is 1.95. The van der Waals surface area contributed by atoms with E-state index in [4.69, 9.17) is 9.72 Å². The van der Waals surface area contributed by atoms with Gasteiger partial charge in [0, 0.05) is 21.7 Å². The van der Waals surface area contributed by atoms with Crippen LogP contribution < -0.4 is 4.74 Å². The van der Waals surface area contributed by atoms with Crippen LogP contribution in [0, 0.1) is 0 Å². The molecular weight excluding hydrogens is 318 g/mol. The van der Waals surface area contributed by atoms with E-state index >= 15 is 0 Å². The van der Waals surface area contributed by atoms with Crippen molar-refractivity contribution in [2.75, 3.05) is 7.11 Å². The van der Waals surface area contributed by atoms with Crippen LogP contribution in [0.25, 0.3) is 43.7 Å². The minimum absolute atomic E-state index is 0.851. The number of hydrogen-bond donors (Lipinski definition) is 0. The van der Waals surface area contributed by atoms with Gasteiger partial charge in [-0.3, -0.25) is 0 Å². The molecule has 5 aromatic rings. The second kappa shape index (κ2) is 5.85. The van der Waals surface area contributed by atoms with Crippen LogP contribution >= 0.6 is 0 Å². The van der Waals surface area contributed by atoms with Gasteiger partial charge in [0.2, 0.25) is 0 Å². The standard InChI is InChI=1S/C24H17NO/c1-26-18-13-10-17(11-14-18)24-21-15-12-16-6-2-3-7-19(16)23(21)20-8-4-5-9-22(20)25-24/h2-15H,1H3. The van der Waals surface area contributed by atoms with Gasteiger partial charge in [0.1, 0.15) is 5.75 Å². The Morgan fingerprint density at radius 2 is 1.38 bits per heavy atom. The van der Waals surface area contributed by atoms with Crippen molar-refractivity contribution < 1.29 is 4.74 Å². The Hall–Kier alpha value is -3.39. The molecule has 1 heterocycles. The molecule has 0 saturated carbocycles. The highest BCUT2D eigenvalue weighted by Crippen LogP contribution is 2.37. The molecule has 0 N–H and O–H groups in total. The second-order valence-corrected chi connectivity index (χ2v) is 6.42. The quantitative estimate of drug-likeness (QED) is 0.357. The van der Waals surface area contributed by atoms with Crippen molar-refractivity contribution in [2.24, 2.45) is 0 Å². The highest BCUT2D eigenvalue weighted by molar-refractivity contribution is 6.22. The van der Waals surface area contributed by atoms with Gasteiger partial charge in [-0.2, -0.15) is 0 Å². The number of nitrogens with zero attached hydrogens (tertiary/aromatic N) is 1. The summed E-state index contributed by atoms with van der Waals surface area (Å²) in [5.41, 5.74) is 3.12. The molecule has 4 aromatic carbocycles. The predicted molar refractivity (Wildman–Crippen MR) is 109 cm³/mol. The fourth-order valence-corrected chi connectivity index (χ4v) is 3.69. The summed E-state index contributed by atoms with van der Waals surface area (Å²) < 4.78 is 5.30. The molecule has 0 spiro atoms. The maximum absolute atomic E-state index is 5.30. The zero-order valence-electron chi connectivity index (χ0n) is 14.4. The van der Waals surface area contributed by atoms with Crippen molar-refractivity contribution in [3.63, 3.8) is 0 Å². The third kappa shape index (κ3) is 2.23. The lowest BCUT2D eigenvalue weighted by molar-refractivity contribution is 0.415. The largest absolute Gasteiger partial charge is 0.497 e. The van der Waals surface area contributed by atoms with Crippen LogP contribution in [0.15, 0.2) is 84.9 Å². The highest BCUT2D eigenvalue weighted by atomic mass is 16.5. The van der Waals surface area contributed by atoms with E-state index in [1.165, 1.54) is 26.9 Å². The van der Waals surface area contributed by atoms with Gasteiger partial charge in [-0.15, -0.1) is 0 Å². The number of hydrogen-bond acceptors (Lipinski definition) is 2. The lowest BCUT2D eigenvalue weighted by Gasteiger charge is -2.13. The number of rotatable bonds is 2. The van der Waals surface area contributed by atoms with Crippen molar-refractivity contribution in [1.29, 1.82) is 0 Å². The van der Waals surface area contributed by atoms with Crippen molar-refractivity contribution in [3.05, 3.63) is 84.9 Å². The van der Waals surface area contributed by atoms with Gasteiger partial charge in [-0.25, -0.2) is 4.98 Å². The minimum atomic E-state index is 0.851. The molecule has 0 aliphatic rings. The number of pyridine rings is 1. The van der Waals surface area contributed by atoms with E-state index in [1.807, 2.05) is 18.2 Å². The summed E-state index contributed by atoms with van der Waals surface area (Å²) >= 11 is 0. The summed E-state index contributed by atoms with van der Waals surface area (Å²) in [4.78, 5) is 5.00. The predicted octanol–water partition coefficient (Wildman–Crippen LogP) is 6.22. The first kappa shape index (κ1) is 14.9. The summed E-state index contributed by atoms with van der Waals surface area (Å²) in [5, 5.41) is 6.14. The van der Waals surface area contributed by atoms with E-state index in [0.717, 1.165) is 22.5 Å². The van der Waals surface area contributed by atoms with Gasteiger partial charge in [0.15, 0.2) is 0 Å². The van der Waals surface area contributed by atoms with Gasteiger partial charge >= 0.3 is 0 Å². The second-order valence-electron chi connectivity index (χ2n) is 6.42. The number of ether oxygens (including phenoxy) is 1. The molecule has 0 aliphatic heterocycles. The van der Waals surface area contributed by atoms with E-state index in [2.05, 4.69) is 66.7 Å². The molecule has 0 bridgehead atoms. The topological polar surface area (TPSA) is 22.1 Å². The lowest BCUT2D eigenvalue weighted by Crippen LogP contribution is -1.91. The molecule has 26 heavy (non-hydrogen) atoms. The lowest BCUT2D eigenvalue weighted by atomic mass is 9.95. The molecule has 2 heteroatoms. The number of aromatic nitrogens is 1. The van der Waals surface area contributed by atoms with Crippen molar-refractivity contribution in [2.45, 2.75) is 0 Å². The van der Waals surface area contributed by atoms with E-state index < -0.39 is 0 Å². The molecule has 0 saturated heterocycles. The van der Waals surface area contributed by atoms with Gasteiger partial charge in [0.25, 0.3) is 0 Å². The molecule has 0 atom stereocenters. The molecule has 0 radical (unpaired) electrons. The van der Waals surface area contributed by atoms with E-state index in [-0.39, 0.29) is 0 Å².